The van der Waals surface area contributed by atoms with Crippen LogP contribution in [0.2, 0.25) is 0 Å². The van der Waals surface area contributed by atoms with Gasteiger partial charge in [-0.15, -0.1) is 0 Å². The van der Waals surface area contributed by atoms with E-state index in [1.807, 2.05) is 72.9 Å². The number of benzene rings is 3. The molecule has 0 bridgehead atoms. The molecule has 0 spiro atoms. The summed E-state index contributed by atoms with van der Waals surface area (Å²) < 4.78 is 11.3. The summed E-state index contributed by atoms with van der Waals surface area (Å²) >= 11 is 0. The van der Waals surface area contributed by atoms with Crippen molar-refractivity contribution in [1.29, 1.82) is 0 Å². The first-order chi connectivity index (χ1) is 14.2. The molecule has 0 N–H and O–H groups in total. The number of methoxy groups -OCH3 is 2. The Morgan fingerprint density at radius 1 is 0.690 bits per heavy atom. The minimum absolute atomic E-state index is 0.751. The minimum atomic E-state index is 0.751. The maximum absolute atomic E-state index is 5.64. The topological polar surface area (TPSA) is 44.2 Å². The lowest BCUT2D eigenvalue weighted by molar-refractivity contribution is 0.415. The number of aromatic nitrogens is 2. The third kappa shape index (κ3) is 3.57. The fourth-order valence-electron chi connectivity index (χ4n) is 3.46. The van der Waals surface area contributed by atoms with E-state index in [4.69, 9.17) is 19.4 Å². The Labute approximate surface area is 170 Å². The lowest BCUT2D eigenvalue weighted by Crippen LogP contribution is -2.00. The molecule has 0 aliphatic carbocycles. The van der Waals surface area contributed by atoms with Crippen molar-refractivity contribution in [3.8, 4) is 45.3 Å². The SMILES string of the molecule is COc1ccccc1-c1nc(-c2ccccc2)cnc1-c1c(C)cccc1OC. The van der Waals surface area contributed by atoms with Crippen LogP contribution in [0.1, 0.15) is 5.56 Å². The predicted octanol–water partition coefficient (Wildman–Crippen LogP) is 5.80. The zero-order valence-corrected chi connectivity index (χ0v) is 16.7. The molecule has 0 saturated carbocycles. The van der Waals surface area contributed by atoms with Crippen LogP contribution in [-0.4, -0.2) is 24.2 Å². The van der Waals surface area contributed by atoms with E-state index in [1.54, 1.807) is 14.2 Å². The Morgan fingerprint density at radius 2 is 1.38 bits per heavy atom. The summed E-state index contributed by atoms with van der Waals surface area (Å²) in [7, 11) is 3.34. The maximum atomic E-state index is 5.64. The van der Waals surface area contributed by atoms with Crippen molar-refractivity contribution in [1.82, 2.24) is 9.97 Å². The van der Waals surface area contributed by atoms with Crippen molar-refractivity contribution < 1.29 is 9.47 Å². The lowest BCUT2D eigenvalue weighted by atomic mass is 9.98. The summed E-state index contributed by atoms with van der Waals surface area (Å²) in [4.78, 5) is 9.87. The van der Waals surface area contributed by atoms with E-state index < -0.39 is 0 Å². The van der Waals surface area contributed by atoms with Crippen molar-refractivity contribution in [3.05, 3.63) is 84.6 Å². The van der Waals surface area contributed by atoms with Crippen LogP contribution in [0, 0.1) is 6.92 Å². The number of hydrogen-bond donors (Lipinski definition) is 0. The number of ether oxygens (including phenoxy) is 2. The number of para-hydroxylation sites is 1. The summed E-state index contributed by atoms with van der Waals surface area (Å²) in [6, 6.07) is 23.9. The number of hydrogen-bond acceptors (Lipinski definition) is 4. The van der Waals surface area contributed by atoms with Gasteiger partial charge < -0.3 is 9.47 Å². The van der Waals surface area contributed by atoms with Gasteiger partial charge in [0, 0.05) is 16.7 Å². The van der Waals surface area contributed by atoms with Crippen molar-refractivity contribution in [2.75, 3.05) is 14.2 Å². The molecule has 4 rings (SSSR count). The predicted molar refractivity (Wildman–Crippen MR) is 116 cm³/mol. The normalized spacial score (nSPS) is 10.6. The van der Waals surface area contributed by atoms with Gasteiger partial charge in [-0.1, -0.05) is 54.6 Å². The van der Waals surface area contributed by atoms with Crippen molar-refractivity contribution in [2.24, 2.45) is 0 Å². The molecule has 0 aliphatic rings. The number of aryl methyl sites for hydroxylation is 1. The highest BCUT2D eigenvalue weighted by atomic mass is 16.5. The molecule has 1 aromatic heterocycles. The van der Waals surface area contributed by atoms with Crippen LogP contribution in [0.5, 0.6) is 11.5 Å². The van der Waals surface area contributed by atoms with Crippen LogP contribution in [0.15, 0.2) is 79.0 Å². The Balaban J connectivity index is 2.02. The molecular weight excluding hydrogens is 360 g/mol. The highest BCUT2D eigenvalue weighted by Crippen LogP contribution is 2.40. The lowest BCUT2D eigenvalue weighted by Gasteiger charge is -2.16. The zero-order chi connectivity index (χ0) is 20.2. The van der Waals surface area contributed by atoms with Gasteiger partial charge in [0.1, 0.15) is 22.9 Å². The van der Waals surface area contributed by atoms with Gasteiger partial charge >= 0.3 is 0 Å². The van der Waals surface area contributed by atoms with E-state index in [2.05, 4.69) is 13.0 Å². The molecule has 0 saturated heterocycles. The molecule has 1 heterocycles. The van der Waals surface area contributed by atoms with Gasteiger partial charge in [-0.25, -0.2) is 4.98 Å². The van der Waals surface area contributed by atoms with Crippen molar-refractivity contribution in [3.63, 3.8) is 0 Å². The van der Waals surface area contributed by atoms with Crippen LogP contribution >= 0.6 is 0 Å². The van der Waals surface area contributed by atoms with Crippen LogP contribution in [0.3, 0.4) is 0 Å². The van der Waals surface area contributed by atoms with Crippen molar-refractivity contribution in [2.45, 2.75) is 6.92 Å². The Hall–Kier alpha value is -3.66. The fourth-order valence-corrected chi connectivity index (χ4v) is 3.46. The molecule has 4 heteroatoms. The largest absolute Gasteiger partial charge is 0.496 e. The first kappa shape index (κ1) is 18.7. The first-order valence-corrected chi connectivity index (χ1v) is 9.42. The summed E-state index contributed by atoms with van der Waals surface area (Å²) in [5, 5.41) is 0. The van der Waals surface area contributed by atoms with Crippen molar-refractivity contribution >= 4 is 0 Å². The molecule has 0 amide bonds. The van der Waals surface area contributed by atoms with Gasteiger partial charge in [0.15, 0.2) is 0 Å². The van der Waals surface area contributed by atoms with Gasteiger partial charge in [0.05, 0.1) is 26.1 Å². The van der Waals surface area contributed by atoms with Gasteiger partial charge in [0.25, 0.3) is 0 Å². The van der Waals surface area contributed by atoms with Gasteiger partial charge in [0.2, 0.25) is 0 Å². The Bertz CT molecular complexity index is 1140. The van der Waals surface area contributed by atoms with E-state index in [0.29, 0.717) is 0 Å². The fraction of sp³-hybridized carbons (Fsp3) is 0.120. The smallest absolute Gasteiger partial charge is 0.128 e. The van der Waals surface area contributed by atoms with E-state index in [0.717, 1.165) is 50.8 Å². The molecule has 0 aliphatic heterocycles. The van der Waals surface area contributed by atoms with Gasteiger partial charge in [-0.05, 0) is 30.7 Å². The minimum Gasteiger partial charge on any atom is -0.496 e. The molecule has 29 heavy (non-hydrogen) atoms. The van der Waals surface area contributed by atoms with Gasteiger partial charge in [-0.3, -0.25) is 4.98 Å². The molecule has 0 fully saturated rings. The average molecular weight is 382 g/mol. The molecule has 0 atom stereocenters. The quantitative estimate of drug-likeness (QED) is 0.437. The molecule has 0 unspecified atom stereocenters. The summed E-state index contributed by atoms with van der Waals surface area (Å²) in [5.41, 5.74) is 6.24. The third-order valence-corrected chi connectivity index (χ3v) is 4.90. The second kappa shape index (κ2) is 8.15. The number of nitrogens with zero attached hydrogens (tertiary/aromatic N) is 2. The highest BCUT2D eigenvalue weighted by Gasteiger charge is 2.20. The average Bonchev–Trinajstić information content (AvgIpc) is 2.79. The monoisotopic (exact) mass is 382 g/mol. The second-order valence-corrected chi connectivity index (χ2v) is 6.67. The molecule has 4 nitrogen and oxygen atoms in total. The first-order valence-electron chi connectivity index (χ1n) is 9.42. The van der Waals surface area contributed by atoms with Crippen LogP contribution < -0.4 is 9.47 Å². The Morgan fingerprint density at radius 3 is 2.14 bits per heavy atom. The maximum Gasteiger partial charge on any atom is 0.128 e. The third-order valence-electron chi connectivity index (χ3n) is 4.90. The van der Waals surface area contributed by atoms with Crippen LogP contribution in [-0.2, 0) is 0 Å². The summed E-state index contributed by atoms with van der Waals surface area (Å²) in [6.45, 7) is 2.05. The van der Waals surface area contributed by atoms with E-state index in [1.165, 1.54) is 0 Å². The Kier molecular flexibility index (Phi) is 5.25. The molecular formula is C25H22N2O2. The summed E-state index contributed by atoms with van der Waals surface area (Å²) in [6.07, 6.45) is 1.81. The number of rotatable bonds is 5. The standard InChI is InChI=1S/C25H22N2O2/c1-17-10-9-15-22(29-3)23(17)25-24(19-13-7-8-14-21(19)28-2)27-20(16-26-25)18-11-5-4-6-12-18/h4-16H,1-3H3. The van der Waals surface area contributed by atoms with E-state index in [9.17, 15) is 0 Å². The zero-order valence-electron chi connectivity index (χ0n) is 16.7. The van der Waals surface area contributed by atoms with E-state index >= 15 is 0 Å². The summed E-state index contributed by atoms with van der Waals surface area (Å²) in [5.74, 6) is 1.52. The molecule has 144 valence electrons. The molecule has 0 radical (unpaired) electrons. The van der Waals surface area contributed by atoms with Crippen LogP contribution in [0.4, 0.5) is 0 Å². The van der Waals surface area contributed by atoms with Gasteiger partial charge in [-0.2, -0.15) is 0 Å². The molecule has 3 aromatic carbocycles. The molecule has 4 aromatic rings. The van der Waals surface area contributed by atoms with Crippen LogP contribution in [0.25, 0.3) is 33.8 Å². The second-order valence-electron chi connectivity index (χ2n) is 6.67. The highest BCUT2D eigenvalue weighted by molar-refractivity contribution is 5.86. The van der Waals surface area contributed by atoms with E-state index in [-0.39, 0.29) is 0 Å².